The molecule has 0 unspecified atom stereocenters. The fourth-order valence-electron chi connectivity index (χ4n) is 2.33. The minimum Gasteiger partial charge on any atom is -0.287 e. The Balaban J connectivity index is 2.05. The van der Waals surface area contributed by atoms with Crippen LogP contribution in [0.5, 0.6) is 0 Å². The topological polar surface area (TPSA) is 34.9 Å². The summed E-state index contributed by atoms with van der Waals surface area (Å²) in [6.45, 7) is 8.09. The van der Waals surface area contributed by atoms with Gasteiger partial charge in [0.05, 0.1) is 16.2 Å². The highest BCUT2D eigenvalue weighted by Crippen LogP contribution is 2.31. The maximum Gasteiger partial charge on any atom is 0.227 e. The Morgan fingerprint density at radius 3 is 2.62 bits per heavy atom. The number of carbonyl (C=O) groups excluding carboxylic acids is 1. The van der Waals surface area contributed by atoms with Crippen molar-refractivity contribution in [1.29, 1.82) is 0 Å². The van der Waals surface area contributed by atoms with Gasteiger partial charge in [-0.25, -0.2) is 4.98 Å². The second kappa shape index (κ2) is 4.81. The Hall–Kier alpha value is -1.94. The van der Waals surface area contributed by atoms with E-state index >= 15 is 0 Å². The summed E-state index contributed by atoms with van der Waals surface area (Å²) in [5, 5.41) is 4.30. The molecule has 2 heterocycles. The molecule has 3 aromatic rings. The molecule has 0 bridgehead atoms. The van der Waals surface area contributed by atoms with E-state index in [-0.39, 0.29) is 11.3 Å². The van der Waals surface area contributed by atoms with Crippen LogP contribution in [0.15, 0.2) is 35.8 Å². The number of hydrogen-bond acceptors (Lipinski definition) is 3. The number of carbonyl (C=O) groups is 1. The highest BCUT2D eigenvalue weighted by atomic mass is 32.1. The predicted molar refractivity (Wildman–Crippen MR) is 88.0 cm³/mol. The van der Waals surface area contributed by atoms with Crippen molar-refractivity contribution in [2.24, 2.45) is 0 Å². The molecular formula is C17H18N2OS. The molecule has 0 N–H and O–H groups in total. The van der Waals surface area contributed by atoms with Crippen LogP contribution in [-0.2, 0) is 5.41 Å². The Morgan fingerprint density at radius 1 is 1.24 bits per heavy atom. The third-order valence-corrected chi connectivity index (χ3v) is 4.74. The van der Waals surface area contributed by atoms with Gasteiger partial charge in [-0.1, -0.05) is 26.8 Å². The van der Waals surface area contributed by atoms with Gasteiger partial charge in [0.2, 0.25) is 5.91 Å². The second-order valence-electron chi connectivity index (χ2n) is 6.27. The van der Waals surface area contributed by atoms with Crippen molar-refractivity contribution in [1.82, 2.24) is 9.55 Å². The first-order valence-electron chi connectivity index (χ1n) is 6.95. The van der Waals surface area contributed by atoms with Gasteiger partial charge in [0, 0.05) is 34.9 Å². The molecule has 0 aliphatic rings. The lowest BCUT2D eigenvalue weighted by Gasteiger charge is -2.13. The third-order valence-electron chi connectivity index (χ3n) is 3.47. The largest absolute Gasteiger partial charge is 0.287 e. The zero-order valence-corrected chi connectivity index (χ0v) is 13.5. The first-order chi connectivity index (χ1) is 9.86. The molecule has 1 aromatic carbocycles. The normalized spacial score (nSPS) is 12.0. The van der Waals surface area contributed by atoms with Crippen LogP contribution in [0.3, 0.4) is 0 Å². The van der Waals surface area contributed by atoms with Crippen LogP contribution in [0.25, 0.3) is 22.2 Å². The SMILES string of the molecule is CC(=O)n1ccc2cc(-c3csc(C(C)(C)C)n3)ccc21. The van der Waals surface area contributed by atoms with Crippen LogP contribution >= 0.6 is 11.3 Å². The van der Waals surface area contributed by atoms with E-state index in [2.05, 4.69) is 32.2 Å². The lowest BCUT2D eigenvalue weighted by atomic mass is 9.98. The fraction of sp³-hybridized carbons (Fsp3) is 0.294. The molecule has 0 saturated carbocycles. The molecule has 0 amide bonds. The summed E-state index contributed by atoms with van der Waals surface area (Å²) in [4.78, 5) is 16.3. The number of hydrogen-bond donors (Lipinski definition) is 0. The highest BCUT2D eigenvalue weighted by molar-refractivity contribution is 7.10. The Morgan fingerprint density at radius 2 is 2.00 bits per heavy atom. The van der Waals surface area contributed by atoms with E-state index in [1.807, 2.05) is 24.4 Å². The van der Waals surface area contributed by atoms with E-state index in [1.54, 1.807) is 22.8 Å². The Labute approximate surface area is 128 Å². The molecule has 0 aliphatic heterocycles. The molecule has 2 aromatic heterocycles. The van der Waals surface area contributed by atoms with Crippen molar-refractivity contribution in [2.45, 2.75) is 33.1 Å². The van der Waals surface area contributed by atoms with Gasteiger partial charge < -0.3 is 0 Å². The summed E-state index contributed by atoms with van der Waals surface area (Å²) in [7, 11) is 0. The summed E-state index contributed by atoms with van der Waals surface area (Å²) in [5.41, 5.74) is 3.11. The van der Waals surface area contributed by atoms with Gasteiger partial charge in [-0.05, 0) is 18.2 Å². The van der Waals surface area contributed by atoms with Gasteiger partial charge >= 0.3 is 0 Å². The van der Waals surface area contributed by atoms with E-state index in [4.69, 9.17) is 4.98 Å². The summed E-state index contributed by atoms with van der Waals surface area (Å²) in [6, 6.07) is 8.08. The smallest absolute Gasteiger partial charge is 0.227 e. The Kier molecular flexibility index (Phi) is 3.21. The molecule has 4 heteroatoms. The number of fused-ring (bicyclic) bond motifs is 1. The van der Waals surface area contributed by atoms with Crippen LogP contribution in [0.2, 0.25) is 0 Å². The first kappa shape index (κ1) is 14.0. The van der Waals surface area contributed by atoms with Crippen LogP contribution in [-0.4, -0.2) is 15.5 Å². The fourth-order valence-corrected chi connectivity index (χ4v) is 3.24. The van der Waals surface area contributed by atoms with Crippen LogP contribution < -0.4 is 0 Å². The summed E-state index contributed by atoms with van der Waals surface area (Å²) in [6.07, 6.45) is 1.82. The van der Waals surface area contributed by atoms with E-state index in [0.29, 0.717) is 0 Å². The Bertz CT molecular complexity index is 821. The first-order valence-corrected chi connectivity index (χ1v) is 7.82. The number of benzene rings is 1. The monoisotopic (exact) mass is 298 g/mol. The lowest BCUT2D eigenvalue weighted by molar-refractivity contribution is 0.0941. The molecule has 3 nitrogen and oxygen atoms in total. The molecular weight excluding hydrogens is 280 g/mol. The minimum atomic E-state index is 0.0291. The van der Waals surface area contributed by atoms with Gasteiger partial charge in [0.1, 0.15) is 0 Å². The lowest BCUT2D eigenvalue weighted by Crippen LogP contribution is -2.10. The highest BCUT2D eigenvalue weighted by Gasteiger charge is 2.18. The zero-order chi connectivity index (χ0) is 15.2. The van der Waals surface area contributed by atoms with Gasteiger partial charge in [0.25, 0.3) is 0 Å². The molecule has 0 saturated heterocycles. The molecule has 3 rings (SSSR count). The number of aromatic nitrogens is 2. The molecule has 0 atom stereocenters. The van der Waals surface area contributed by atoms with Crippen molar-refractivity contribution in [2.75, 3.05) is 0 Å². The third kappa shape index (κ3) is 2.51. The maximum atomic E-state index is 11.5. The van der Waals surface area contributed by atoms with E-state index in [9.17, 15) is 4.79 Å². The molecule has 108 valence electrons. The average Bonchev–Trinajstić information content (AvgIpc) is 3.04. The van der Waals surface area contributed by atoms with Gasteiger partial charge in [-0.15, -0.1) is 11.3 Å². The van der Waals surface area contributed by atoms with Gasteiger partial charge in [-0.3, -0.25) is 9.36 Å². The van der Waals surface area contributed by atoms with Crippen LogP contribution in [0, 0.1) is 0 Å². The zero-order valence-electron chi connectivity index (χ0n) is 12.7. The molecule has 0 radical (unpaired) electrons. The average molecular weight is 298 g/mol. The number of rotatable bonds is 1. The number of nitrogens with zero attached hydrogens (tertiary/aromatic N) is 2. The van der Waals surface area contributed by atoms with E-state index in [1.165, 1.54) is 0 Å². The van der Waals surface area contributed by atoms with Crippen molar-refractivity contribution in [3.05, 3.63) is 40.8 Å². The molecule has 0 fully saturated rings. The van der Waals surface area contributed by atoms with E-state index in [0.717, 1.165) is 27.2 Å². The standard InChI is InChI=1S/C17H18N2OS/c1-11(20)19-8-7-13-9-12(5-6-15(13)19)14-10-21-16(18-14)17(2,3)4/h5-10H,1-4H3. The minimum absolute atomic E-state index is 0.0291. The maximum absolute atomic E-state index is 11.5. The quantitative estimate of drug-likeness (QED) is 0.651. The summed E-state index contributed by atoms with van der Waals surface area (Å²) in [5.74, 6) is 0.0291. The summed E-state index contributed by atoms with van der Waals surface area (Å²) < 4.78 is 1.67. The summed E-state index contributed by atoms with van der Waals surface area (Å²) >= 11 is 1.70. The van der Waals surface area contributed by atoms with Crippen molar-refractivity contribution in [3.8, 4) is 11.3 Å². The van der Waals surface area contributed by atoms with Crippen molar-refractivity contribution in [3.63, 3.8) is 0 Å². The second-order valence-corrected chi connectivity index (χ2v) is 7.12. The van der Waals surface area contributed by atoms with Gasteiger partial charge in [-0.2, -0.15) is 0 Å². The molecule has 21 heavy (non-hydrogen) atoms. The number of thiazole rings is 1. The molecule has 0 aliphatic carbocycles. The van der Waals surface area contributed by atoms with Gasteiger partial charge in [0.15, 0.2) is 0 Å². The van der Waals surface area contributed by atoms with Crippen molar-refractivity contribution < 1.29 is 4.79 Å². The van der Waals surface area contributed by atoms with E-state index < -0.39 is 0 Å². The van der Waals surface area contributed by atoms with Crippen LogP contribution in [0.1, 0.15) is 37.5 Å². The van der Waals surface area contributed by atoms with Crippen molar-refractivity contribution >= 4 is 28.1 Å². The predicted octanol–water partition coefficient (Wildman–Crippen LogP) is 4.72. The van der Waals surface area contributed by atoms with Crippen LogP contribution in [0.4, 0.5) is 0 Å². The molecule has 0 spiro atoms.